The first-order chi connectivity index (χ1) is 21.1. The zero-order valence-electron chi connectivity index (χ0n) is 23.8. The fraction of sp³-hybridized carbons (Fsp3) is 0.273. The number of alkyl halides is 3. The molecule has 0 spiro atoms. The first-order valence-electron chi connectivity index (χ1n) is 14.2. The Kier molecular flexibility index (Phi) is 9.12. The Balaban J connectivity index is 0.000000493. The van der Waals surface area contributed by atoms with Gasteiger partial charge in [0, 0.05) is 55.5 Å². The van der Waals surface area contributed by atoms with Gasteiger partial charge in [0.05, 0.1) is 0 Å². The number of carbonyl (C=O) groups excluding carboxylic acids is 2. The number of carboxylic acid groups (broad SMARTS) is 1. The lowest BCUT2D eigenvalue weighted by atomic mass is 9.95. The SMILES string of the molecule is O=C(O)C(F)(F)F.O=C(c1ccc2ccccc2c1)N1CC(=O)N(CC2CCN(c3ccncc3)CC2)c2ccccc2C1. The van der Waals surface area contributed by atoms with E-state index in [1.807, 2.05) is 84.0 Å². The van der Waals surface area contributed by atoms with Crippen molar-refractivity contribution in [2.24, 2.45) is 5.92 Å². The summed E-state index contributed by atoms with van der Waals surface area (Å²) in [6.07, 6.45) is 0.625. The lowest BCUT2D eigenvalue weighted by molar-refractivity contribution is -0.192. The molecule has 0 bridgehead atoms. The van der Waals surface area contributed by atoms with Crippen molar-refractivity contribution in [1.82, 2.24) is 9.88 Å². The summed E-state index contributed by atoms with van der Waals surface area (Å²) >= 11 is 0. The molecule has 1 saturated heterocycles. The third kappa shape index (κ3) is 7.16. The van der Waals surface area contributed by atoms with E-state index in [9.17, 15) is 22.8 Å². The van der Waals surface area contributed by atoms with Gasteiger partial charge in [0.2, 0.25) is 5.91 Å². The average Bonchev–Trinajstić information content (AvgIpc) is 3.17. The number of benzene rings is 3. The Morgan fingerprint density at radius 1 is 0.864 bits per heavy atom. The quantitative estimate of drug-likeness (QED) is 0.318. The minimum Gasteiger partial charge on any atom is -0.475 e. The number of amides is 2. The number of piperidine rings is 1. The summed E-state index contributed by atoms with van der Waals surface area (Å²) in [5.41, 5.74) is 3.75. The van der Waals surface area contributed by atoms with Crippen LogP contribution in [0.15, 0.2) is 91.3 Å². The van der Waals surface area contributed by atoms with Crippen LogP contribution in [-0.2, 0) is 16.1 Å². The molecule has 3 aromatic carbocycles. The fourth-order valence-electron chi connectivity index (χ4n) is 5.59. The molecule has 6 rings (SSSR count). The van der Waals surface area contributed by atoms with E-state index in [0.717, 1.165) is 48.0 Å². The average molecular weight is 605 g/mol. The highest BCUT2D eigenvalue weighted by Gasteiger charge is 2.38. The van der Waals surface area contributed by atoms with E-state index in [1.54, 1.807) is 4.90 Å². The smallest absolute Gasteiger partial charge is 0.475 e. The van der Waals surface area contributed by atoms with E-state index >= 15 is 0 Å². The van der Waals surface area contributed by atoms with Crippen LogP contribution in [0.3, 0.4) is 0 Å². The van der Waals surface area contributed by atoms with E-state index in [-0.39, 0.29) is 18.4 Å². The Labute approximate surface area is 252 Å². The van der Waals surface area contributed by atoms with Crippen molar-refractivity contribution in [1.29, 1.82) is 0 Å². The first kappa shape index (κ1) is 30.5. The van der Waals surface area contributed by atoms with Gasteiger partial charge in [-0.3, -0.25) is 14.6 Å². The van der Waals surface area contributed by atoms with Crippen molar-refractivity contribution in [3.05, 3.63) is 102 Å². The van der Waals surface area contributed by atoms with Crippen molar-refractivity contribution in [2.45, 2.75) is 25.6 Å². The van der Waals surface area contributed by atoms with Crippen molar-refractivity contribution in [2.75, 3.05) is 36.0 Å². The lowest BCUT2D eigenvalue weighted by Gasteiger charge is -2.36. The summed E-state index contributed by atoms with van der Waals surface area (Å²) in [5.74, 6) is -2.47. The van der Waals surface area contributed by atoms with E-state index in [1.165, 1.54) is 5.69 Å². The van der Waals surface area contributed by atoms with Crippen LogP contribution >= 0.6 is 0 Å². The highest BCUT2D eigenvalue weighted by molar-refractivity contribution is 6.03. The summed E-state index contributed by atoms with van der Waals surface area (Å²) in [5, 5.41) is 9.24. The van der Waals surface area contributed by atoms with Gasteiger partial charge in [0.25, 0.3) is 5.91 Å². The summed E-state index contributed by atoms with van der Waals surface area (Å²) in [7, 11) is 0. The molecular formula is C33H31F3N4O4. The summed E-state index contributed by atoms with van der Waals surface area (Å²) in [6, 6.07) is 25.9. The van der Waals surface area contributed by atoms with Gasteiger partial charge in [-0.05, 0) is 65.4 Å². The molecule has 2 aliphatic heterocycles. The molecule has 2 aliphatic rings. The van der Waals surface area contributed by atoms with Gasteiger partial charge in [-0.1, -0.05) is 48.5 Å². The summed E-state index contributed by atoms with van der Waals surface area (Å²) < 4.78 is 31.7. The molecule has 1 N–H and O–H groups in total. The maximum absolute atomic E-state index is 13.6. The molecule has 3 heterocycles. The molecule has 1 aromatic heterocycles. The van der Waals surface area contributed by atoms with E-state index in [0.29, 0.717) is 24.6 Å². The fourth-order valence-corrected chi connectivity index (χ4v) is 5.59. The van der Waals surface area contributed by atoms with Crippen molar-refractivity contribution in [3.63, 3.8) is 0 Å². The van der Waals surface area contributed by atoms with E-state index in [4.69, 9.17) is 9.90 Å². The number of halogens is 3. The van der Waals surface area contributed by atoms with Crippen molar-refractivity contribution in [3.8, 4) is 0 Å². The number of nitrogens with zero attached hydrogens (tertiary/aromatic N) is 4. The van der Waals surface area contributed by atoms with Gasteiger partial charge in [-0.2, -0.15) is 13.2 Å². The largest absolute Gasteiger partial charge is 0.490 e. The number of anilines is 2. The van der Waals surface area contributed by atoms with Crippen molar-refractivity contribution >= 4 is 39.9 Å². The Morgan fingerprint density at radius 3 is 2.18 bits per heavy atom. The van der Waals surface area contributed by atoms with Gasteiger partial charge >= 0.3 is 12.1 Å². The first-order valence-corrected chi connectivity index (χ1v) is 14.2. The molecule has 0 radical (unpaired) electrons. The maximum atomic E-state index is 13.6. The zero-order valence-corrected chi connectivity index (χ0v) is 23.8. The number of hydrogen-bond donors (Lipinski definition) is 1. The number of hydrogen-bond acceptors (Lipinski definition) is 5. The van der Waals surface area contributed by atoms with Crippen LogP contribution in [0.1, 0.15) is 28.8 Å². The Morgan fingerprint density at radius 2 is 1.50 bits per heavy atom. The second-order valence-electron chi connectivity index (χ2n) is 10.8. The van der Waals surface area contributed by atoms with Crippen LogP contribution < -0.4 is 9.80 Å². The highest BCUT2D eigenvalue weighted by Crippen LogP contribution is 2.30. The van der Waals surface area contributed by atoms with Gasteiger partial charge in [0.15, 0.2) is 0 Å². The number of aliphatic carboxylic acids is 1. The van der Waals surface area contributed by atoms with Crippen LogP contribution in [0.2, 0.25) is 0 Å². The van der Waals surface area contributed by atoms with Crippen molar-refractivity contribution < 1.29 is 32.7 Å². The predicted molar refractivity (Wildman–Crippen MR) is 160 cm³/mol. The van der Waals surface area contributed by atoms with Crippen LogP contribution in [0.25, 0.3) is 10.8 Å². The Bertz CT molecular complexity index is 1640. The van der Waals surface area contributed by atoms with Crippen LogP contribution in [-0.4, -0.2) is 65.1 Å². The predicted octanol–water partition coefficient (Wildman–Crippen LogP) is 5.77. The molecule has 2 amide bonds. The molecule has 0 saturated carbocycles. The minimum absolute atomic E-state index is 0.0179. The second-order valence-corrected chi connectivity index (χ2v) is 10.8. The van der Waals surface area contributed by atoms with Crippen LogP contribution in [0.4, 0.5) is 24.5 Å². The number of carboxylic acids is 1. The Hall–Kier alpha value is -4.93. The van der Waals surface area contributed by atoms with Gasteiger partial charge < -0.3 is 19.8 Å². The molecule has 44 heavy (non-hydrogen) atoms. The monoisotopic (exact) mass is 604 g/mol. The number of para-hydroxylation sites is 1. The third-order valence-electron chi connectivity index (χ3n) is 7.88. The van der Waals surface area contributed by atoms with Crippen LogP contribution in [0.5, 0.6) is 0 Å². The normalized spacial score (nSPS) is 15.7. The molecule has 0 atom stereocenters. The molecule has 4 aromatic rings. The van der Waals surface area contributed by atoms with Gasteiger partial charge in [-0.25, -0.2) is 4.79 Å². The van der Waals surface area contributed by atoms with E-state index < -0.39 is 12.1 Å². The van der Waals surface area contributed by atoms with Gasteiger partial charge in [-0.15, -0.1) is 0 Å². The molecular weight excluding hydrogens is 573 g/mol. The lowest BCUT2D eigenvalue weighted by Crippen LogP contribution is -2.44. The number of fused-ring (bicyclic) bond motifs is 2. The number of carbonyl (C=O) groups is 3. The van der Waals surface area contributed by atoms with E-state index in [2.05, 4.69) is 22.0 Å². The standard InChI is InChI=1S/C31H30N4O2.C2HF3O2/c36-30-22-34(31(37)26-10-9-24-5-1-2-6-25(24)19-26)21-27-7-3-4-8-29(27)35(30)20-23-13-17-33(18-14-23)28-11-15-32-16-12-28;3-2(4,5)1(6)7/h1-12,15-16,19,23H,13-14,17-18,20-22H2;(H,6,7). The molecule has 8 nitrogen and oxygen atoms in total. The van der Waals surface area contributed by atoms with Gasteiger partial charge in [0.1, 0.15) is 6.54 Å². The third-order valence-corrected chi connectivity index (χ3v) is 7.88. The number of pyridine rings is 1. The zero-order chi connectivity index (χ0) is 31.3. The maximum Gasteiger partial charge on any atom is 0.490 e. The molecule has 0 unspecified atom stereocenters. The number of rotatable bonds is 4. The molecule has 228 valence electrons. The highest BCUT2D eigenvalue weighted by atomic mass is 19.4. The molecule has 11 heteroatoms. The topological polar surface area (TPSA) is 94.0 Å². The summed E-state index contributed by atoms with van der Waals surface area (Å²) in [6.45, 7) is 3.11. The molecule has 1 fully saturated rings. The number of aromatic nitrogens is 1. The summed E-state index contributed by atoms with van der Waals surface area (Å²) in [4.78, 5) is 46.2. The minimum atomic E-state index is -5.08. The molecule has 0 aliphatic carbocycles. The second kappa shape index (κ2) is 13.2. The van der Waals surface area contributed by atoms with Crippen LogP contribution in [0, 0.1) is 5.92 Å².